The number of hydrogen-bond acceptors (Lipinski definition) is 5. The average Bonchev–Trinajstić information content (AvgIpc) is 2.62. The van der Waals surface area contributed by atoms with Crippen molar-refractivity contribution in [3.8, 4) is 0 Å². The maximum atomic E-state index is 11.1. The van der Waals surface area contributed by atoms with E-state index in [9.17, 15) is 10.1 Å². The maximum Gasteiger partial charge on any atom is 0.333 e. The number of nitrogens with zero attached hydrogens (tertiary/aromatic N) is 3. The quantitative estimate of drug-likeness (QED) is 0.595. The minimum Gasteiger partial charge on any atom is -0.385 e. The van der Waals surface area contributed by atoms with Crippen molar-refractivity contribution < 1.29 is 9.66 Å². The van der Waals surface area contributed by atoms with Crippen molar-refractivity contribution in [1.29, 1.82) is 0 Å². The molecule has 0 aliphatic carbocycles. The van der Waals surface area contributed by atoms with Crippen LogP contribution in [0.15, 0.2) is 0 Å². The Labute approximate surface area is 106 Å². The minimum atomic E-state index is -0.389. The third-order valence-electron chi connectivity index (χ3n) is 2.72. The molecule has 0 aromatic carbocycles. The van der Waals surface area contributed by atoms with Crippen LogP contribution < -0.4 is 5.32 Å². The van der Waals surface area contributed by atoms with E-state index < -0.39 is 0 Å². The first-order chi connectivity index (χ1) is 8.51. The van der Waals surface area contributed by atoms with Crippen LogP contribution in [0.4, 0.5) is 11.5 Å². The third kappa shape index (κ3) is 3.19. The van der Waals surface area contributed by atoms with Gasteiger partial charge in [-0.3, -0.25) is 10.1 Å². The predicted octanol–water partition coefficient (Wildman–Crippen LogP) is 1.96. The first-order valence-electron chi connectivity index (χ1n) is 5.98. The lowest BCUT2D eigenvalue weighted by Crippen LogP contribution is -2.20. The average molecular weight is 256 g/mol. The SMILES string of the molecule is CCn1nc(C)c([N+](=O)[O-])c1NC(C)CCOC. The summed E-state index contributed by atoms with van der Waals surface area (Å²) >= 11 is 0. The second-order valence-electron chi connectivity index (χ2n) is 4.18. The molecule has 1 rings (SSSR count). The number of aryl methyl sites for hydroxylation is 2. The van der Waals surface area contributed by atoms with Gasteiger partial charge in [0.2, 0.25) is 5.82 Å². The van der Waals surface area contributed by atoms with E-state index >= 15 is 0 Å². The highest BCUT2D eigenvalue weighted by atomic mass is 16.6. The second kappa shape index (κ2) is 6.34. The highest BCUT2D eigenvalue weighted by molar-refractivity contribution is 5.59. The van der Waals surface area contributed by atoms with Gasteiger partial charge in [-0.15, -0.1) is 0 Å². The van der Waals surface area contributed by atoms with E-state index in [4.69, 9.17) is 4.74 Å². The van der Waals surface area contributed by atoms with Crippen molar-refractivity contribution in [3.63, 3.8) is 0 Å². The molecule has 1 aromatic heterocycles. The number of rotatable bonds is 7. The van der Waals surface area contributed by atoms with Crippen molar-refractivity contribution in [1.82, 2.24) is 9.78 Å². The molecule has 0 fully saturated rings. The first kappa shape index (κ1) is 14.4. The number of nitro groups is 1. The number of methoxy groups -OCH3 is 1. The maximum absolute atomic E-state index is 11.1. The lowest BCUT2D eigenvalue weighted by molar-refractivity contribution is -0.384. The summed E-state index contributed by atoms with van der Waals surface area (Å²) in [6.45, 7) is 6.72. The summed E-state index contributed by atoms with van der Waals surface area (Å²) in [6.07, 6.45) is 0.779. The smallest absolute Gasteiger partial charge is 0.333 e. The Balaban J connectivity index is 2.94. The van der Waals surface area contributed by atoms with Crippen LogP contribution in [0.3, 0.4) is 0 Å². The van der Waals surface area contributed by atoms with Crippen LogP contribution in [0, 0.1) is 17.0 Å². The van der Waals surface area contributed by atoms with E-state index in [0.717, 1.165) is 6.42 Å². The highest BCUT2D eigenvalue weighted by Gasteiger charge is 2.25. The molecule has 0 radical (unpaired) electrons. The molecule has 0 aliphatic rings. The molecule has 0 spiro atoms. The lowest BCUT2D eigenvalue weighted by Gasteiger charge is -2.14. The van der Waals surface area contributed by atoms with Crippen molar-refractivity contribution >= 4 is 11.5 Å². The second-order valence-corrected chi connectivity index (χ2v) is 4.18. The fourth-order valence-corrected chi connectivity index (χ4v) is 1.76. The summed E-state index contributed by atoms with van der Waals surface area (Å²) in [4.78, 5) is 10.7. The molecular formula is C11H20N4O3. The molecule has 1 atom stereocenters. The van der Waals surface area contributed by atoms with Gasteiger partial charge in [0.05, 0.1) is 4.92 Å². The van der Waals surface area contributed by atoms with E-state index in [1.165, 1.54) is 0 Å². The van der Waals surface area contributed by atoms with E-state index in [2.05, 4.69) is 10.4 Å². The Morgan fingerprint density at radius 2 is 2.28 bits per heavy atom. The summed E-state index contributed by atoms with van der Waals surface area (Å²) in [5, 5.41) is 18.4. The zero-order valence-corrected chi connectivity index (χ0v) is 11.3. The zero-order valence-electron chi connectivity index (χ0n) is 11.3. The van der Waals surface area contributed by atoms with Gasteiger partial charge in [-0.25, -0.2) is 4.68 Å². The first-order valence-corrected chi connectivity index (χ1v) is 5.98. The molecule has 0 saturated heterocycles. The summed E-state index contributed by atoms with van der Waals surface area (Å²) in [6, 6.07) is 0.0880. The molecule has 0 bridgehead atoms. The Kier molecular flexibility index (Phi) is 5.08. The Bertz CT molecular complexity index is 417. The van der Waals surface area contributed by atoms with Crippen LogP contribution in [0.1, 0.15) is 26.0 Å². The Morgan fingerprint density at radius 3 is 2.78 bits per heavy atom. The number of ether oxygens (including phenoxy) is 1. The largest absolute Gasteiger partial charge is 0.385 e. The van der Waals surface area contributed by atoms with Crippen LogP contribution in [-0.4, -0.2) is 34.5 Å². The van der Waals surface area contributed by atoms with Gasteiger partial charge >= 0.3 is 5.69 Å². The van der Waals surface area contributed by atoms with Crippen LogP contribution in [-0.2, 0) is 11.3 Å². The molecule has 7 nitrogen and oxygen atoms in total. The Morgan fingerprint density at radius 1 is 1.61 bits per heavy atom. The van der Waals surface area contributed by atoms with Crippen LogP contribution in [0.5, 0.6) is 0 Å². The van der Waals surface area contributed by atoms with Crippen LogP contribution in [0.2, 0.25) is 0 Å². The third-order valence-corrected chi connectivity index (χ3v) is 2.72. The number of aromatic nitrogens is 2. The monoisotopic (exact) mass is 256 g/mol. The topological polar surface area (TPSA) is 82.2 Å². The number of anilines is 1. The fourth-order valence-electron chi connectivity index (χ4n) is 1.76. The normalized spacial score (nSPS) is 12.4. The van der Waals surface area contributed by atoms with Crippen molar-refractivity contribution in [2.45, 2.75) is 39.8 Å². The van der Waals surface area contributed by atoms with E-state index in [1.54, 1.807) is 18.7 Å². The van der Waals surface area contributed by atoms with Gasteiger partial charge in [0.25, 0.3) is 0 Å². The van der Waals surface area contributed by atoms with Gasteiger partial charge in [-0.2, -0.15) is 5.10 Å². The van der Waals surface area contributed by atoms with Gasteiger partial charge in [0.1, 0.15) is 5.69 Å². The van der Waals surface area contributed by atoms with Gasteiger partial charge < -0.3 is 10.1 Å². The molecule has 1 heterocycles. The van der Waals surface area contributed by atoms with Crippen LogP contribution >= 0.6 is 0 Å². The number of hydrogen-bond donors (Lipinski definition) is 1. The van der Waals surface area contributed by atoms with E-state index in [1.807, 2.05) is 13.8 Å². The summed E-state index contributed by atoms with van der Waals surface area (Å²) in [5.41, 5.74) is 0.490. The van der Waals surface area contributed by atoms with Gasteiger partial charge in [0, 0.05) is 26.3 Å². The van der Waals surface area contributed by atoms with E-state index in [0.29, 0.717) is 24.7 Å². The summed E-state index contributed by atoms with van der Waals surface area (Å²) < 4.78 is 6.62. The van der Waals surface area contributed by atoms with Crippen molar-refractivity contribution in [2.75, 3.05) is 19.0 Å². The molecule has 102 valence electrons. The molecule has 0 aliphatic heterocycles. The molecule has 18 heavy (non-hydrogen) atoms. The minimum absolute atomic E-state index is 0.0566. The van der Waals surface area contributed by atoms with Gasteiger partial charge in [0.15, 0.2) is 0 Å². The molecule has 1 unspecified atom stereocenters. The fraction of sp³-hybridized carbons (Fsp3) is 0.727. The molecule has 1 N–H and O–H groups in total. The van der Waals surface area contributed by atoms with Crippen LogP contribution in [0.25, 0.3) is 0 Å². The van der Waals surface area contributed by atoms with Crippen molar-refractivity contribution in [3.05, 3.63) is 15.8 Å². The molecule has 0 saturated carbocycles. The summed E-state index contributed by atoms with van der Waals surface area (Å²) in [7, 11) is 1.63. The molecule has 7 heteroatoms. The zero-order chi connectivity index (χ0) is 13.7. The highest BCUT2D eigenvalue weighted by Crippen LogP contribution is 2.28. The van der Waals surface area contributed by atoms with Gasteiger partial charge in [-0.05, 0) is 27.2 Å². The lowest BCUT2D eigenvalue weighted by atomic mass is 10.2. The number of nitrogens with one attached hydrogen (secondary N) is 1. The molecular weight excluding hydrogens is 236 g/mol. The predicted molar refractivity (Wildman–Crippen MR) is 68.9 cm³/mol. The van der Waals surface area contributed by atoms with Crippen molar-refractivity contribution in [2.24, 2.45) is 0 Å². The molecule has 0 amide bonds. The summed E-state index contributed by atoms with van der Waals surface area (Å²) in [5.74, 6) is 0.476. The standard InChI is InChI=1S/C11H20N4O3/c1-5-14-11(12-8(2)6-7-18-4)10(15(16)17)9(3)13-14/h8,12H,5-7H2,1-4H3. The molecule has 1 aromatic rings. The van der Waals surface area contributed by atoms with Gasteiger partial charge in [-0.1, -0.05) is 0 Å². The Hall–Kier alpha value is -1.63. The van der Waals surface area contributed by atoms with E-state index in [-0.39, 0.29) is 16.7 Å².